The first-order valence-corrected chi connectivity index (χ1v) is 6.69. The largest absolute Gasteiger partial charge is 0.381 e. The SMILES string of the molecule is Brc1cccc(CNC2CCCOCC2)c1. The molecule has 0 aromatic heterocycles. The van der Waals surface area contributed by atoms with Gasteiger partial charge in [0.1, 0.15) is 0 Å². The molecule has 2 nitrogen and oxygen atoms in total. The van der Waals surface area contributed by atoms with Crippen LogP contribution in [-0.4, -0.2) is 19.3 Å². The molecule has 1 aromatic rings. The number of rotatable bonds is 3. The average molecular weight is 284 g/mol. The van der Waals surface area contributed by atoms with Gasteiger partial charge in [0.15, 0.2) is 0 Å². The summed E-state index contributed by atoms with van der Waals surface area (Å²) in [5.74, 6) is 0. The van der Waals surface area contributed by atoms with Crippen LogP contribution in [0.15, 0.2) is 28.7 Å². The Kier molecular flexibility index (Phi) is 4.82. The average Bonchev–Trinajstić information content (AvgIpc) is 2.55. The minimum absolute atomic E-state index is 0.612. The molecular weight excluding hydrogens is 266 g/mol. The van der Waals surface area contributed by atoms with E-state index < -0.39 is 0 Å². The molecule has 1 aliphatic rings. The molecule has 0 aliphatic carbocycles. The third-order valence-electron chi connectivity index (χ3n) is 2.94. The van der Waals surface area contributed by atoms with E-state index in [1.165, 1.54) is 18.4 Å². The van der Waals surface area contributed by atoms with Crippen molar-refractivity contribution in [1.29, 1.82) is 0 Å². The Labute approximate surface area is 106 Å². The minimum atomic E-state index is 0.612. The number of benzene rings is 1. The molecule has 88 valence electrons. The Morgan fingerprint density at radius 1 is 1.31 bits per heavy atom. The summed E-state index contributed by atoms with van der Waals surface area (Å²) in [6, 6.07) is 9.08. The highest BCUT2D eigenvalue weighted by atomic mass is 79.9. The van der Waals surface area contributed by atoms with E-state index in [4.69, 9.17) is 4.74 Å². The standard InChI is InChI=1S/C13H18BrNO/c14-12-4-1-3-11(9-12)10-15-13-5-2-7-16-8-6-13/h1,3-4,9,13,15H,2,5-8,10H2. The summed E-state index contributed by atoms with van der Waals surface area (Å²) >= 11 is 3.49. The Balaban J connectivity index is 1.81. The fourth-order valence-corrected chi connectivity index (χ4v) is 2.46. The second kappa shape index (κ2) is 6.38. The first-order valence-electron chi connectivity index (χ1n) is 5.90. The third-order valence-corrected chi connectivity index (χ3v) is 3.43. The van der Waals surface area contributed by atoms with Crippen molar-refractivity contribution in [3.63, 3.8) is 0 Å². The van der Waals surface area contributed by atoms with E-state index in [9.17, 15) is 0 Å². The van der Waals surface area contributed by atoms with Gasteiger partial charge in [-0.05, 0) is 37.0 Å². The van der Waals surface area contributed by atoms with Gasteiger partial charge in [0.25, 0.3) is 0 Å². The summed E-state index contributed by atoms with van der Waals surface area (Å²) in [5, 5.41) is 3.60. The molecule has 0 bridgehead atoms. The number of hydrogen-bond donors (Lipinski definition) is 1. The van der Waals surface area contributed by atoms with E-state index in [1.54, 1.807) is 0 Å². The second-order valence-electron chi connectivity index (χ2n) is 4.25. The summed E-state index contributed by atoms with van der Waals surface area (Å²) in [5.41, 5.74) is 1.33. The van der Waals surface area contributed by atoms with Crippen molar-refractivity contribution in [2.24, 2.45) is 0 Å². The van der Waals surface area contributed by atoms with Gasteiger partial charge in [-0.3, -0.25) is 0 Å². The Morgan fingerprint density at radius 2 is 2.25 bits per heavy atom. The predicted octanol–water partition coefficient (Wildman–Crippen LogP) is 3.11. The van der Waals surface area contributed by atoms with Gasteiger partial charge in [-0.1, -0.05) is 28.1 Å². The Bertz CT molecular complexity index is 321. The van der Waals surface area contributed by atoms with Crippen molar-refractivity contribution in [1.82, 2.24) is 5.32 Å². The second-order valence-corrected chi connectivity index (χ2v) is 5.17. The summed E-state index contributed by atoms with van der Waals surface area (Å²) in [6.07, 6.45) is 3.54. The van der Waals surface area contributed by atoms with E-state index in [0.29, 0.717) is 6.04 Å². The number of ether oxygens (including phenoxy) is 1. The molecule has 3 heteroatoms. The number of nitrogens with one attached hydrogen (secondary N) is 1. The van der Waals surface area contributed by atoms with Gasteiger partial charge >= 0.3 is 0 Å². The lowest BCUT2D eigenvalue weighted by atomic mass is 10.1. The number of halogens is 1. The van der Waals surface area contributed by atoms with Gasteiger partial charge < -0.3 is 10.1 Å². The molecule has 2 rings (SSSR count). The summed E-state index contributed by atoms with van der Waals surface area (Å²) in [4.78, 5) is 0. The fourth-order valence-electron chi connectivity index (χ4n) is 2.02. The van der Waals surface area contributed by atoms with Crippen LogP contribution in [0.2, 0.25) is 0 Å². The van der Waals surface area contributed by atoms with Gasteiger partial charge in [0.2, 0.25) is 0 Å². The van der Waals surface area contributed by atoms with E-state index in [2.05, 4.69) is 45.5 Å². The van der Waals surface area contributed by atoms with E-state index in [-0.39, 0.29) is 0 Å². The fraction of sp³-hybridized carbons (Fsp3) is 0.538. The zero-order valence-electron chi connectivity index (χ0n) is 9.42. The highest BCUT2D eigenvalue weighted by Crippen LogP contribution is 2.13. The lowest BCUT2D eigenvalue weighted by Gasteiger charge is -2.15. The molecule has 0 spiro atoms. The highest BCUT2D eigenvalue weighted by Gasteiger charge is 2.11. The van der Waals surface area contributed by atoms with Crippen molar-refractivity contribution < 1.29 is 4.74 Å². The normalized spacial score (nSPS) is 21.7. The minimum Gasteiger partial charge on any atom is -0.381 e. The van der Waals surface area contributed by atoms with Crippen LogP contribution >= 0.6 is 15.9 Å². The zero-order chi connectivity index (χ0) is 11.2. The first kappa shape index (κ1) is 12.1. The molecule has 16 heavy (non-hydrogen) atoms. The zero-order valence-corrected chi connectivity index (χ0v) is 11.0. The van der Waals surface area contributed by atoms with Crippen molar-refractivity contribution in [3.8, 4) is 0 Å². The van der Waals surface area contributed by atoms with Crippen molar-refractivity contribution in [3.05, 3.63) is 34.3 Å². The van der Waals surface area contributed by atoms with Gasteiger partial charge in [0, 0.05) is 30.3 Å². The van der Waals surface area contributed by atoms with Gasteiger partial charge in [-0.2, -0.15) is 0 Å². The molecular formula is C13H18BrNO. The quantitative estimate of drug-likeness (QED) is 0.921. The first-order chi connectivity index (χ1) is 7.84. The predicted molar refractivity (Wildman–Crippen MR) is 69.4 cm³/mol. The highest BCUT2D eigenvalue weighted by molar-refractivity contribution is 9.10. The maximum atomic E-state index is 5.45. The van der Waals surface area contributed by atoms with Crippen molar-refractivity contribution in [2.45, 2.75) is 31.8 Å². The summed E-state index contributed by atoms with van der Waals surface area (Å²) in [6.45, 7) is 2.77. The van der Waals surface area contributed by atoms with Crippen LogP contribution in [0.3, 0.4) is 0 Å². The monoisotopic (exact) mass is 283 g/mol. The van der Waals surface area contributed by atoms with Crippen LogP contribution in [0.4, 0.5) is 0 Å². The smallest absolute Gasteiger partial charge is 0.0480 e. The molecule has 1 aromatic carbocycles. The maximum absolute atomic E-state index is 5.45. The Morgan fingerprint density at radius 3 is 3.12 bits per heavy atom. The van der Waals surface area contributed by atoms with E-state index in [0.717, 1.165) is 30.7 Å². The molecule has 1 atom stereocenters. The molecule has 1 N–H and O–H groups in total. The molecule has 1 unspecified atom stereocenters. The van der Waals surface area contributed by atoms with Gasteiger partial charge in [-0.25, -0.2) is 0 Å². The molecule has 1 saturated heterocycles. The molecule has 0 saturated carbocycles. The van der Waals surface area contributed by atoms with E-state index >= 15 is 0 Å². The molecule has 0 radical (unpaired) electrons. The lowest BCUT2D eigenvalue weighted by molar-refractivity contribution is 0.142. The van der Waals surface area contributed by atoms with Crippen LogP contribution in [0.25, 0.3) is 0 Å². The lowest BCUT2D eigenvalue weighted by Crippen LogP contribution is -2.28. The third kappa shape index (κ3) is 3.89. The van der Waals surface area contributed by atoms with Crippen LogP contribution in [-0.2, 0) is 11.3 Å². The van der Waals surface area contributed by atoms with Crippen LogP contribution in [0, 0.1) is 0 Å². The van der Waals surface area contributed by atoms with E-state index in [1.807, 2.05) is 0 Å². The summed E-state index contributed by atoms with van der Waals surface area (Å²) in [7, 11) is 0. The van der Waals surface area contributed by atoms with Crippen molar-refractivity contribution in [2.75, 3.05) is 13.2 Å². The topological polar surface area (TPSA) is 21.3 Å². The van der Waals surface area contributed by atoms with Gasteiger partial charge in [-0.15, -0.1) is 0 Å². The van der Waals surface area contributed by atoms with Crippen LogP contribution in [0.5, 0.6) is 0 Å². The molecule has 1 aliphatic heterocycles. The molecule has 1 heterocycles. The number of hydrogen-bond acceptors (Lipinski definition) is 2. The molecule has 0 amide bonds. The van der Waals surface area contributed by atoms with Crippen molar-refractivity contribution >= 4 is 15.9 Å². The van der Waals surface area contributed by atoms with Crippen LogP contribution in [0.1, 0.15) is 24.8 Å². The maximum Gasteiger partial charge on any atom is 0.0480 e. The Hall–Kier alpha value is -0.380. The van der Waals surface area contributed by atoms with Crippen LogP contribution < -0.4 is 5.32 Å². The van der Waals surface area contributed by atoms with Gasteiger partial charge in [0.05, 0.1) is 0 Å². The molecule has 1 fully saturated rings. The summed E-state index contributed by atoms with van der Waals surface area (Å²) < 4.78 is 6.60.